The van der Waals surface area contributed by atoms with E-state index in [1.807, 2.05) is 30.3 Å². The maximum absolute atomic E-state index is 12.5. The highest BCUT2D eigenvalue weighted by Crippen LogP contribution is 2.29. The molecule has 0 N–H and O–H groups in total. The van der Waals surface area contributed by atoms with Crippen molar-refractivity contribution in [2.75, 3.05) is 12.3 Å². The van der Waals surface area contributed by atoms with E-state index in [2.05, 4.69) is 14.8 Å². The standard InChI is InChI=1S/C16H20N4O2S/c21-23(22)12-14(13-6-2-1-3-7-13)10-19(23)11-16-18-17-15-8-4-5-9-20(15)16/h1-3,6-7,14H,4-5,8-12H2. The lowest BCUT2D eigenvalue weighted by molar-refractivity contribution is 0.399. The Kier molecular flexibility index (Phi) is 3.69. The first-order chi connectivity index (χ1) is 11.1. The molecule has 1 aromatic heterocycles. The van der Waals surface area contributed by atoms with Crippen LogP contribution < -0.4 is 0 Å². The van der Waals surface area contributed by atoms with E-state index in [1.54, 1.807) is 4.31 Å². The highest BCUT2D eigenvalue weighted by molar-refractivity contribution is 7.89. The SMILES string of the molecule is O=S1(=O)CC(c2ccccc2)CN1Cc1nnc2n1CCCC2. The Labute approximate surface area is 136 Å². The van der Waals surface area contributed by atoms with Crippen LogP contribution in [0.2, 0.25) is 0 Å². The van der Waals surface area contributed by atoms with Crippen molar-refractivity contribution >= 4 is 10.0 Å². The maximum Gasteiger partial charge on any atom is 0.215 e. The number of sulfonamides is 1. The lowest BCUT2D eigenvalue weighted by atomic mass is 10.0. The molecule has 2 aliphatic rings. The van der Waals surface area contributed by atoms with E-state index >= 15 is 0 Å². The van der Waals surface area contributed by atoms with Crippen LogP contribution in [-0.2, 0) is 29.5 Å². The Morgan fingerprint density at radius 2 is 1.96 bits per heavy atom. The largest absolute Gasteiger partial charge is 0.314 e. The minimum Gasteiger partial charge on any atom is -0.314 e. The summed E-state index contributed by atoms with van der Waals surface area (Å²) in [4.78, 5) is 0. The number of nitrogens with zero attached hydrogens (tertiary/aromatic N) is 4. The first-order valence-corrected chi connectivity index (χ1v) is 9.68. The molecular weight excluding hydrogens is 312 g/mol. The summed E-state index contributed by atoms with van der Waals surface area (Å²) >= 11 is 0. The zero-order chi connectivity index (χ0) is 15.9. The summed E-state index contributed by atoms with van der Waals surface area (Å²) in [7, 11) is -3.23. The third kappa shape index (κ3) is 2.79. The van der Waals surface area contributed by atoms with Gasteiger partial charge in [0.2, 0.25) is 10.0 Å². The molecule has 1 aromatic carbocycles. The molecule has 1 atom stereocenters. The lowest BCUT2D eigenvalue weighted by Crippen LogP contribution is -2.27. The molecule has 0 bridgehead atoms. The second-order valence-electron chi connectivity index (χ2n) is 6.32. The molecule has 0 saturated carbocycles. The minimum absolute atomic E-state index is 0.0324. The Morgan fingerprint density at radius 1 is 1.13 bits per heavy atom. The fourth-order valence-electron chi connectivity index (χ4n) is 3.50. The molecule has 1 fully saturated rings. The van der Waals surface area contributed by atoms with E-state index in [0.29, 0.717) is 13.1 Å². The van der Waals surface area contributed by atoms with Gasteiger partial charge in [0.05, 0.1) is 12.3 Å². The highest BCUT2D eigenvalue weighted by Gasteiger charge is 2.37. The van der Waals surface area contributed by atoms with Crippen molar-refractivity contribution in [2.45, 2.75) is 38.3 Å². The van der Waals surface area contributed by atoms with Crippen LogP contribution in [0.15, 0.2) is 30.3 Å². The van der Waals surface area contributed by atoms with Gasteiger partial charge in [-0.15, -0.1) is 10.2 Å². The number of aromatic nitrogens is 3. The van der Waals surface area contributed by atoms with Gasteiger partial charge >= 0.3 is 0 Å². The predicted octanol–water partition coefficient (Wildman–Crippen LogP) is 1.54. The maximum atomic E-state index is 12.5. The molecule has 3 heterocycles. The van der Waals surface area contributed by atoms with Crippen LogP contribution >= 0.6 is 0 Å². The molecule has 0 radical (unpaired) electrons. The topological polar surface area (TPSA) is 68.1 Å². The van der Waals surface area contributed by atoms with Crippen molar-refractivity contribution in [3.63, 3.8) is 0 Å². The molecule has 1 saturated heterocycles. The van der Waals surface area contributed by atoms with Gasteiger partial charge in [-0.1, -0.05) is 30.3 Å². The van der Waals surface area contributed by atoms with Gasteiger partial charge in [0.25, 0.3) is 0 Å². The second-order valence-corrected chi connectivity index (χ2v) is 8.33. The molecule has 1 unspecified atom stereocenters. The zero-order valence-electron chi connectivity index (χ0n) is 12.9. The smallest absolute Gasteiger partial charge is 0.215 e. The number of hydrogen-bond acceptors (Lipinski definition) is 4. The average Bonchev–Trinajstić information content (AvgIpc) is 3.10. The molecule has 6 nitrogen and oxygen atoms in total. The number of hydrogen-bond donors (Lipinski definition) is 0. The Morgan fingerprint density at radius 3 is 2.78 bits per heavy atom. The molecule has 122 valence electrons. The van der Waals surface area contributed by atoms with E-state index in [0.717, 1.165) is 43.0 Å². The van der Waals surface area contributed by atoms with Crippen molar-refractivity contribution in [2.24, 2.45) is 0 Å². The quantitative estimate of drug-likeness (QED) is 0.855. The molecule has 2 aliphatic heterocycles. The van der Waals surface area contributed by atoms with Gasteiger partial charge in [-0.3, -0.25) is 0 Å². The van der Waals surface area contributed by atoms with Crippen LogP contribution in [0.25, 0.3) is 0 Å². The number of aryl methyl sites for hydroxylation is 1. The van der Waals surface area contributed by atoms with Crippen molar-refractivity contribution in [1.82, 2.24) is 19.1 Å². The van der Waals surface area contributed by atoms with Crippen molar-refractivity contribution in [3.8, 4) is 0 Å². The van der Waals surface area contributed by atoms with Gasteiger partial charge in [0.15, 0.2) is 0 Å². The molecular formula is C16H20N4O2S. The van der Waals surface area contributed by atoms with Crippen LogP contribution in [0.4, 0.5) is 0 Å². The molecule has 0 amide bonds. The monoisotopic (exact) mass is 332 g/mol. The van der Waals surface area contributed by atoms with Crippen molar-refractivity contribution in [3.05, 3.63) is 47.5 Å². The molecule has 23 heavy (non-hydrogen) atoms. The number of rotatable bonds is 3. The molecule has 0 aliphatic carbocycles. The fraction of sp³-hybridized carbons (Fsp3) is 0.500. The molecule has 4 rings (SSSR count). The third-order valence-corrected chi connectivity index (χ3v) is 6.64. The highest BCUT2D eigenvalue weighted by atomic mass is 32.2. The number of fused-ring (bicyclic) bond motifs is 1. The summed E-state index contributed by atoms with van der Waals surface area (Å²) in [6, 6.07) is 9.87. The van der Waals surface area contributed by atoms with Crippen LogP contribution in [0.3, 0.4) is 0 Å². The summed E-state index contributed by atoms with van der Waals surface area (Å²) < 4.78 is 28.7. The molecule has 0 spiro atoms. The van der Waals surface area contributed by atoms with Gasteiger partial charge in [-0.05, 0) is 18.4 Å². The van der Waals surface area contributed by atoms with E-state index in [1.165, 1.54) is 0 Å². The first kappa shape index (κ1) is 14.8. The fourth-order valence-corrected chi connectivity index (χ4v) is 5.24. The Bertz CT molecular complexity index is 801. The van der Waals surface area contributed by atoms with Crippen molar-refractivity contribution < 1.29 is 8.42 Å². The van der Waals surface area contributed by atoms with Crippen LogP contribution in [0, 0.1) is 0 Å². The zero-order valence-corrected chi connectivity index (χ0v) is 13.7. The minimum atomic E-state index is -3.23. The van der Waals surface area contributed by atoms with Gasteiger partial charge in [-0.25, -0.2) is 8.42 Å². The summed E-state index contributed by atoms with van der Waals surface area (Å²) in [5.74, 6) is 1.97. The first-order valence-electron chi connectivity index (χ1n) is 8.07. The summed E-state index contributed by atoms with van der Waals surface area (Å²) in [5, 5.41) is 8.45. The van der Waals surface area contributed by atoms with Crippen molar-refractivity contribution in [1.29, 1.82) is 0 Å². The third-order valence-electron chi connectivity index (χ3n) is 4.75. The molecule has 7 heteroatoms. The van der Waals surface area contributed by atoms with Gasteiger partial charge in [-0.2, -0.15) is 4.31 Å². The lowest BCUT2D eigenvalue weighted by Gasteiger charge is -2.18. The van der Waals surface area contributed by atoms with Gasteiger partial charge in [0.1, 0.15) is 11.6 Å². The van der Waals surface area contributed by atoms with E-state index in [-0.39, 0.29) is 11.7 Å². The number of benzene rings is 1. The van der Waals surface area contributed by atoms with E-state index < -0.39 is 10.0 Å². The van der Waals surface area contributed by atoms with Gasteiger partial charge in [0, 0.05) is 25.4 Å². The second kappa shape index (κ2) is 5.72. The average molecular weight is 332 g/mol. The summed E-state index contributed by atoms with van der Waals surface area (Å²) in [5.41, 5.74) is 1.09. The normalized spacial score (nSPS) is 23.7. The van der Waals surface area contributed by atoms with Gasteiger partial charge < -0.3 is 4.57 Å². The molecule has 2 aromatic rings. The Balaban J connectivity index is 1.56. The van der Waals surface area contributed by atoms with E-state index in [4.69, 9.17) is 0 Å². The van der Waals surface area contributed by atoms with Crippen LogP contribution in [-0.4, -0.2) is 39.8 Å². The van der Waals surface area contributed by atoms with Crippen LogP contribution in [0.5, 0.6) is 0 Å². The predicted molar refractivity (Wildman–Crippen MR) is 86.3 cm³/mol. The van der Waals surface area contributed by atoms with E-state index in [9.17, 15) is 8.42 Å². The van der Waals surface area contributed by atoms with Crippen LogP contribution in [0.1, 0.15) is 36.0 Å². The summed E-state index contributed by atoms with van der Waals surface area (Å²) in [6.45, 7) is 1.75. The summed E-state index contributed by atoms with van der Waals surface area (Å²) in [6.07, 6.45) is 3.18. The Hall–Kier alpha value is -1.73.